The van der Waals surface area contributed by atoms with Gasteiger partial charge in [0.25, 0.3) is 11.5 Å². The molecule has 22 heavy (non-hydrogen) atoms. The lowest BCUT2D eigenvalue weighted by Gasteiger charge is -2.33. The number of pyridine rings is 1. The van der Waals surface area contributed by atoms with Gasteiger partial charge in [-0.3, -0.25) is 9.59 Å². The first-order chi connectivity index (χ1) is 10.5. The minimum atomic E-state index is -0.936. The molecule has 1 fully saturated rings. The largest absolute Gasteiger partial charge is 0.388 e. The fraction of sp³-hybridized carbons (Fsp3) is 0.412. The van der Waals surface area contributed by atoms with Crippen LogP contribution in [0.2, 0.25) is 0 Å². The molecule has 5 heteroatoms. The Bertz CT molecular complexity index is 773. The molecule has 1 aromatic heterocycles. The van der Waals surface area contributed by atoms with Crippen molar-refractivity contribution in [3.05, 3.63) is 46.4 Å². The molecule has 1 aliphatic rings. The van der Waals surface area contributed by atoms with E-state index in [1.165, 1.54) is 4.57 Å². The third kappa shape index (κ3) is 2.64. The van der Waals surface area contributed by atoms with Gasteiger partial charge in [0.2, 0.25) is 0 Å². The molecule has 1 saturated carbocycles. The molecule has 0 aliphatic heterocycles. The maximum Gasteiger partial charge on any atom is 0.265 e. The first-order valence-corrected chi connectivity index (χ1v) is 7.65. The van der Waals surface area contributed by atoms with Crippen LogP contribution in [-0.4, -0.2) is 21.2 Å². The molecule has 5 nitrogen and oxygen atoms in total. The van der Waals surface area contributed by atoms with Crippen LogP contribution in [-0.2, 0) is 6.54 Å². The number of carbonyl (C=O) groups is 1. The summed E-state index contributed by atoms with van der Waals surface area (Å²) >= 11 is 0. The second kappa shape index (κ2) is 5.57. The highest BCUT2D eigenvalue weighted by atomic mass is 16.3. The molecule has 0 saturated heterocycles. The summed E-state index contributed by atoms with van der Waals surface area (Å²) in [6.45, 7) is 0.120. The van der Waals surface area contributed by atoms with E-state index in [0.29, 0.717) is 23.6 Å². The van der Waals surface area contributed by atoms with E-state index in [0.717, 1.165) is 19.3 Å². The summed E-state index contributed by atoms with van der Waals surface area (Å²) < 4.78 is 1.34. The molecule has 0 radical (unpaired) electrons. The van der Waals surface area contributed by atoms with Gasteiger partial charge in [-0.25, -0.2) is 0 Å². The number of nitrogens with two attached hydrogens (primary N) is 1. The summed E-state index contributed by atoms with van der Waals surface area (Å²) in [6, 6.07) is 8.73. The molecular weight excluding hydrogens is 280 g/mol. The minimum absolute atomic E-state index is 0.120. The lowest BCUT2D eigenvalue weighted by Crippen LogP contribution is -2.42. The number of benzene rings is 1. The number of amides is 1. The van der Waals surface area contributed by atoms with E-state index in [1.54, 1.807) is 24.3 Å². The molecule has 3 N–H and O–H groups in total. The van der Waals surface area contributed by atoms with Gasteiger partial charge in [0.15, 0.2) is 0 Å². The number of hydrogen-bond donors (Lipinski definition) is 2. The third-order valence-corrected chi connectivity index (χ3v) is 4.51. The average molecular weight is 300 g/mol. The van der Waals surface area contributed by atoms with Crippen molar-refractivity contribution in [1.29, 1.82) is 0 Å². The fourth-order valence-corrected chi connectivity index (χ4v) is 3.32. The molecule has 0 unspecified atom stereocenters. The normalized spacial score (nSPS) is 17.5. The van der Waals surface area contributed by atoms with E-state index in [1.807, 2.05) is 6.07 Å². The lowest BCUT2D eigenvalue weighted by atomic mass is 9.84. The van der Waals surface area contributed by atoms with Crippen molar-refractivity contribution in [2.75, 3.05) is 0 Å². The zero-order chi connectivity index (χ0) is 15.7. The Morgan fingerprint density at radius 1 is 1.23 bits per heavy atom. The first kappa shape index (κ1) is 14.8. The van der Waals surface area contributed by atoms with E-state index < -0.39 is 11.5 Å². The molecule has 1 aromatic carbocycles. The number of nitrogens with zero attached hydrogens (tertiary/aromatic N) is 1. The summed E-state index contributed by atoms with van der Waals surface area (Å²) in [4.78, 5) is 24.5. The van der Waals surface area contributed by atoms with Crippen LogP contribution in [0.4, 0.5) is 0 Å². The number of fused-ring (bicyclic) bond motifs is 1. The maximum atomic E-state index is 12.7. The highest BCUT2D eigenvalue weighted by Crippen LogP contribution is 2.29. The Kier molecular flexibility index (Phi) is 3.74. The molecule has 0 spiro atoms. The highest BCUT2D eigenvalue weighted by molar-refractivity contribution is 5.95. The van der Waals surface area contributed by atoms with Crippen molar-refractivity contribution in [3.63, 3.8) is 0 Å². The monoisotopic (exact) mass is 300 g/mol. The number of hydrogen-bond acceptors (Lipinski definition) is 3. The van der Waals surface area contributed by atoms with Gasteiger partial charge in [0.05, 0.1) is 12.1 Å². The SMILES string of the molecule is NC(=O)c1cc2ccccc2c(=O)n1CC1(O)CCCCC1. The van der Waals surface area contributed by atoms with Crippen LogP contribution in [0.3, 0.4) is 0 Å². The zero-order valence-corrected chi connectivity index (χ0v) is 12.4. The van der Waals surface area contributed by atoms with Gasteiger partial charge in [-0.15, -0.1) is 0 Å². The smallest absolute Gasteiger partial charge is 0.265 e. The van der Waals surface area contributed by atoms with E-state index in [-0.39, 0.29) is 17.8 Å². The van der Waals surface area contributed by atoms with E-state index in [2.05, 4.69) is 0 Å². The van der Waals surface area contributed by atoms with Crippen LogP contribution < -0.4 is 11.3 Å². The van der Waals surface area contributed by atoms with Gasteiger partial charge in [-0.05, 0) is 30.4 Å². The van der Waals surface area contributed by atoms with Crippen LogP contribution in [0.1, 0.15) is 42.6 Å². The molecule has 1 aliphatic carbocycles. The van der Waals surface area contributed by atoms with Gasteiger partial charge < -0.3 is 15.4 Å². The van der Waals surface area contributed by atoms with Crippen molar-refractivity contribution >= 4 is 16.7 Å². The molecule has 0 bridgehead atoms. The van der Waals surface area contributed by atoms with Crippen LogP contribution in [0.15, 0.2) is 35.1 Å². The highest BCUT2D eigenvalue weighted by Gasteiger charge is 2.31. The van der Waals surface area contributed by atoms with Crippen molar-refractivity contribution in [2.24, 2.45) is 5.73 Å². The summed E-state index contributed by atoms with van der Waals surface area (Å²) in [5.41, 5.74) is 4.39. The number of aliphatic hydroxyl groups is 1. The number of carbonyl (C=O) groups excluding carboxylic acids is 1. The third-order valence-electron chi connectivity index (χ3n) is 4.51. The topological polar surface area (TPSA) is 85.3 Å². The number of aromatic nitrogens is 1. The van der Waals surface area contributed by atoms with E-state index >= 15 is 0 Å². The van der Waals surface area contributed by atoms with E-state index in [4.69, 9.17) is 5.73 Å². The lowest BCUT2D eigenvalue weighted by molar-refractivity contribution is -0.0125. The van der Waals surface area contributed by atoms with E-state index in [9.17, 15) is 14.7 Å². The van der Waals surface area contributed by atoms with Gasteiger partial charge in [-0.2, -0.15) is 0 Å². The number of primary amides is 1. The molecule has 1 amide bonds. The van der Waals surface area contributed by atoms with Crippen molar-refractivity contribution in [1.82, 2.24) is 4.57 Å². The van der Waals surface area contributed by atoms with Gasteiger partial charge in [-0.1, -0.05) is 37.5 Å². The van der Waals surface area contributed by atoms with Crippen LogP contribution in [0, 0.1) is 0 Å². The Hall–Kier alpha value is -2.14. The number of rotatable bonds is 3. The standard InChI is InChI=1S/C17H20N2O3/c18-15(20)14-10-12-6-2-3-7-13(12)16(21)19(14)11-17(22)8-4-1-5-9-17/h2-3,6-7,10,22H,1,4-5,8-9,11H2,(H2,18,20). The first-order valence-electron chi connectivity index (χ1n) is 7.65. The van der Waals surface area contributed by atoms with Crippen LogP contribution in [0.25, 0.3) is 10.8 Å². The summed E-state index contributed by atoms with van der Waals surface area (Å²) in [6.07, 6.45) is 4.25. The summed E-state index contributed by atoms with van der Waals surface area (Å²) in [5.74, 6) is -0.651. The predicted octanol–water partition coefficient (Wildman–Crippen LogP) is 1.80. The molecule has 0 atom stereocenters. The van der Waals surface area contributed by atoms with Crippen molar-refractivity contribution in [3.8, 4) is 0 Å². The summed E-state index contributed by atoms with van der Waals surface area (Å²) in [5, 5.41) is 11.9. The average Bonchev–Trinajstić information content (AvgIpc) is 2.50. The van der Waals surface area contributed by atoms with Crippen LogP contribution in [0.5, 0.6) is 0 Å². The van der Waals surface area contributed by atoms with Crippen molar-refractivity contribution in [2.45, 2.75) is 44.2 Å². The van der Waals surface area contributed by atoms with Gasteiger partial charge >= 0.3 is 0 Å². The zero-order valence-electron chi connectivity index (χ0n) is 12.4. The molecule has 1 heterocycles. The Balaban J connectivity index is 2.14. The van der Waals surface area contributed by atoms with Gasteiger partial charge in [0, 0.05) is 5.39 Å². The van der Waals surface area contributed by atoms with Crippen LogP contribution >= 0.6 is 0 Å². The quantitative estimate of drug-likeness (QED) is 0.906. The molecule has 3 rings (SSSR count). The Morgan fingerprint density at radius 3 is 2.59 bits per heavy atom. The molecule has 116 valence electrons. The maximum absolute atomic E-state index is 12.7. The van der Waals surface area contributed by atoms with Crippen molar-refractivity contribution < 1.29 is 9.90 Å². The summed E-state index contributed by atoms with van der Waals surface area (Å²) in [7, 11) is 0. The Morgan fingerprint density at radius 2 is 1.91 bits per heavy atom. The Labute approximate surface area is 128 Å². The van der Waals surface area contributed by atoms with Gasteiger partial charge in [0.1, 0.15) is 5.69 Å². The second-order valence-electron chi connectivity index (χ2n) is 6.16. The minimum Gasteiger partial charge on any atom is -0.388 e. The second-order valence-corrected chi connectivity index (χ2v) is 6.16. The molecule has 2 aromatic rings. The fourth-order valence-electron chi connectivity index (χ4n) is 3.32. The molecular formula is C17H20N2O3. The predicted molar refractivity (Wildman–Crippen MR) is 84.8 cm³/mol.